The van der Waals surface area contributed by atoms with Crippen molar-refractivity contribution in [1.29, 1.82) is 0 Å². The Morgan fingerprint density at radius 2 is 1.83 bits per heavy atom. The second kappa shape index (κ2) is 3.26. The van der Waals surface area contributed by atoms with Gasteiger partial charge < -0.3 is 4.74 Å². The third kappa shape index (κ3) is 1.36. The van der Waals surface area contributed by atoms with Gasteiger partial charge in [-0.1, -0.05) is 0 Å². The number of hydrogen-bond donors (Lipinski definition) is 1. The summed E-state index contributed by atoms with van der Waals surface area (Å²) < 4.78 is 42.1. The molecule has 0 aliphatic heterocycles. The summed E-state index contributed by atoms with van der Waals surface area (Å²) in [5, 5.41) is 0. The third-order valence-electron chi connectivity index (χ3n) is 1.30. The number of halogens is 3. The van der Waals surface area contributed by atoms with Crippen molar-refractivity contribution in [3.63, 3.8) is 0 Å². The van der Waals surface area contributed by atoms with Gasteiger partial charge in [0.15, 0.2) is 17.4 Å². The van der Waals surface area contributed by atoms with E-state index in [-0.39, 0.29) is 4.90 Å². The summed E-state index contributed by atoms with van der Waals surface area (Å²) in [5.74, 6) is -4.58. The molecule has 0 N–H and O–H groups in total. The van der Waals surface area contributed by atoms with Gasteiger partial charge in [0, 0.05) is 0 Å². The molecule has 5 heteroatoms. The molecule has 0 saturated heterocycles. The largest absolute Gasteiger partial charge is 0.492 e. The van der Waals surface area contributed by atoms with Crippen LogP contribution < -0.4 is 4.74 Å². The Bertz CT molecular complexity index is 314. The zero-order chi connectivity index (χ0) is 9.30. The Morgan fingerprint density at radius 1 is 1.25 bits per heavy atom. The first-order valence-electron chi connectivity index (χ1n) is 2.98. The Morgan fingerprint density at radius 3 is 2.33 bits per heavy atom. The summed E-state index contributed by atoms with van der Waals surface area (Å²) in [4.78, 5) is -0.0751. The summed E-state index contributed by atoms with van der Waals surface area (Å²) in [6.07, 6.45) is 0. The molecule has 0 heterocycles. The normalized spacial score (nSPS) is 10.1. The molecule has 0 fully saturated rings. The molecule has 0 aliphatic carbocycles. The van der Waals surface area contributed by atoms with Crippen LogP contribution in [0.1, 0.15) is 0 Å². The molecular weight excluding hydrogens is 189 g/mol. The van der Waals surface area contributed by atoms with Gasteiger partial charge in [-0.15, -0.1) is 12.6 Å². The van der Waals surface area contributed by atoms with Crippen molar-refractivity contribution in [2.75, 3.05) is 7.11 Å². The van der Waals surface area contributed by atoms with E-state index < -0.39 is 23.2 Å². The molecule has 0 bridgehead atoms. The molecule has 1 aromatic rings. The Hall–Kier alpha value is -0.840. The van der Waals surface area contributed by atoms with Gasteiger partial charge in [-0.3, -0.25) is 0 Å². The number of ether oxygens (including phenoxy) is 1. The van der Waals surface area contributed by atoms with Gasteiger partial charge in [0.2, 0.25) is 5.82 Å². The molecule has 0 amide bonds. The van der Waals surface area contributed by atoms with Gasteiger partial charge >= 0.3 is 0 Å². The van der Waals surface area contributed by atoms with E-state index in [4.69, 9.17) is 0 Å². The number of rotatable bonds is 1. The summed E-state index contributed by atoms with van der Waals surface area (Å²) in [6, 6.07) is 0.750. The van der Waals surface area contributed by atoms with Crippen LogP contribution in [0.15, 0.2) is 11.0 Å². The monoisotopic (exact) mass is 194 g/mol. The van der Waals surface area contributed by atoms with Gasteiger partial charge in [0.25, 0.3) is 0 Å². The fraction of sp³-hybridized carbons (Fsp3) is 0.143. The predicted octanol–water partition coefficient (Wildman–Crippen LogP) is 2.40. The summed E-state index contributed by atoms with van der Waals surface area (Å²) >= 11 is 3.69. The van der Waals surface area contributed by atoms with Crippen molar-refractivity contribution in [3.8, 4) is 5.75 Å². The van der Waals surface area contributed by atoms with E-state index in [1.165, 1.54) is 0 Å². The van der Waals surface area contributed by atoms with E-state index in [2.05, 4.69) is 17.4 Å². The molecule has 12 heavy (non-hydrogen) atoms. The highest BCUT2D eigenvalue weighted by molar-refractivity contribution is 7.80. The van der Waals surface area contributed by atoms with Crippen LogP contribution in [0, 0.1) is 17.5 Å². The van der Waals surface area contributed by atoms with Gasteiger partial charge in [-0.2, -0.15) is 4.39 Å². The maximum absolute atomic E-state index is 12.7. The minimum absolute atomic E-state index is 0.0751. The van der Waals surface area contributed by atoms with Crippen LogP contribution in [0.3, 0.4) is 0 Å². The van der Waals surface area contributed by atoms with E-state index in [0.29, 0.717) is 0 Å². The summed E-state index contributed by atoms with van der Waals surface area (Å²) in [5.41, 5.74) is 0. The minimum Gasteiger partial charge on any atom is -0.492 e. The SMILES string of the molecule is COc1c(S)cc(F)c(F)c1F. The second-order valence-electron chi connectivity index (χ2n) is 2.04. The smallest absolute Gasteiger partial charge is 0.204 e. The van der Waals surface area contributed by atoms with Crippen LogP contribution in [0.5, 0.6) is 5.75 Å². The predicted molar refractivity (Wildman–Crippen MR) is 40.1 cm³/mol. The first-order valence-corrected chi connectivity index (χ1v) is 3.43. The molecule has 66 valence electrons. The lowest BCUT2D eigenvalue weighted by molar-refractivity contribution is 0.350. The number of methoxy groups -OCH3 is 1. The van der Waals surface area contributed by atoms with E-state index in [1.54, 1.807) is 0 Å². The highest BCUT2D eigenvalue weighted by Gasteiger charge is 2.17. The molecule has 1 rings (SSSR count). The lowest BCUT2D eigenvalue weighted by Gasteiger charge is -2.05. The Balaban J connectivity index is 3.40. The molecule has 0 unspecified atom stereocenters. The molecule has 0 aromatic heterocycles. The Kier molecular flexibility index (Phi) is 2.52. The van der Waals surface area contributed by atoms with Crippen molar-refractivity contribution >= 4 is 12.6 Å². The maximum atomic E-state index is 12.7. The first kappa shape index (κ1) is 9.25. The zero-order valence-electron chi connectivity index (χ0n) is 6.07. The number of hydrogen-bond acceptors (Lipinski definition) is 2. The van der Waals surface area contributed by atoms with Crippen LogP contribution in [-0.2, 0) is 0 Å². The average Bonchev–Trinajstić information content (AvgIpc) is 2.01. The quantitative estimate of drug-likeness (QED) is 0.533. The van der Waals surface area contributed by atoms with Crippen LogP contribution in [-0.4, -0.2) is 7.11 Å². The number of thiol groups is 1. The molecule has 0 aliphatic rings. The molecule has 0 spiro atoms. The number of benzene rings is 1. The van der Waals surface area contributed by atoms with Crippen LogP contribution in [0.25, 0.3) is 0 Å². The fourth-order valence-corrected chi connectivity index (χ4v) is 1.06. The lowest BCUT2D eigenvalue weighted by Crippen LogP contribution is -1.96. The summed E-state index contributed by atoms with van der Waals surface area (Å²) in [7, 11) is 1.15. The molecule has 0 radical (unpaired) electrons. The van der Waals surface area contributed by atoms with Gasteiger partial charge in [-0.05, 0) is 6.07 Å². The highest BCUT2D eigenvalue weighted by atomic mass is 32.1. The molecule has 1 aromatic carbocycles. The van der Waals surface area contributed by atoms with E-state index in [0.717, 1.165) is 13.2 Å². The van der Waals surface area contributed by atoms with Crippen molar-refractivity contribution < 1.29 is 17.9 Å². The third-order valence-corrected chi connectivity index (χ3v) is 1.63. The minimum atomic E-state index is -1.55. The average molecular weight is 194 g/mol. The first-order chi connectivity index (χ1) is 5.57. The molecule has 0 atom stereocenters. The van der Waals surface area contributed by atoms with Gasteiger partial charge in [0.1, 0.15) is 0 Å². The van der Waals surface area contributed by atoms with Crippen molar-refractivity contribution in [3.05, 3.63) is 23.5 Å². The van der Waals surface area contributed by atoms with Crippen molar-refractivity contribution in [2.24, 2.45) is 0 Å². The van der Waals surface area contributed by atoms with Crippen LogP contribution in [0.2, 0.25) is 0 Å². The Labute approximate surface area is 72.6 Å². The topological polar surface area (TPSA) is 9.23 Å². The highest BCUT2D eigenvalue weighted by Crippen LogP contribution is 2.29. The van der Waals surface area contributed by atoms with E-state index in [1.807, 2.05) is 0 Å². The van der Waals surface area contributed by atoms with Crippen LogP contribution in [0.4, 0.5) is 13.2 Å². The second-order valence-corrected chi connectivity index (χ2v) is 2.52. The van der Waals surface area contributed by atoms with Crippen molar-refractivity contribution in [1.82, 2.24) is 0 Å². The van der Waals surface area contributed by atoms with Crippen LogP contribution >= 0.6 is 12.6 Å². The van der Waals surface area contributed by atoms with E-state index >= 15 is 0 Å². The molecule has 1 nitrogen and oxygen atoms in total. The van der Waals surface area contributed by atoms with E-state index in [9.17, 15) is 13.2 Å². The fourth-order valence-electron chi connectivity index (χ4n) is 0.760. The van der Waals surface area contributed by atoms with Gasteiger partial charge in [0.05, 0.1) is 12.0 Å². The summed E-state index contributed by atoms with van der Waals surface area (Å²) in [6.45, 7) is 0. The standard InChI is InChI=1S/C7H5F3OS/c1-11-7-4(12)2-3(8)5(9)6(7)10/h2,12H,1H3. The van der Waals surface area contributed by atoms with Crippen molar-refractivity contribution in [2.45, 2.75) is 4.90 Å². The zero-order valence-corrected chi connectivity index (χ0v) is 6.96. The molecular formula is C7H5F3OS. The molecule has 0 saturated carbocycles. The lowest BCUT2D eigenvalue weighted by atomic mass is 10.3. The maximum Gasteiger partial charge on any atom is 0.204 e. The van der Waals surface area contributed by atoms with Gasteiger partial charge in [-0.25, -0.2) is 8.78 Å².